The van der Waals surface area contributed by atoms with Crippen LogP contribution in [0.1, 0.15) is 77.8 Å². The highest BCUT2D eigenvalue weighted by Gasteiger charge is 2.34. The fourth-order valence-electron chi connectivity index (χ4n) is 7.45. The number of nitrogens with one attached hydrogen (secondary N) is 1. The summed E-state index contributed by atoms with van der Waals surface area (Å²) in [5.41, 5.74) is 13.6. The van der Waals surface area contributed by atoms with E-state index in [1.54, 1.807) is 18.2 Å². The van der Waals surface area contributed by atoms with Gasteiger partial charge in [-0.3, -0.25) is 10.3 Å². The van der Waals surface area contributed by atoms with Crippen LogP contribution in [-0.4, -0.2) is 20.5 Å². The van der Waals surface area contributed by atoms with Crippen LogP contribution < -0.4 is 5.43 Å². The molecule has 0 saturated carbocycles. The molecule has 0 bridgehead atoms. The van der Waals surface area contributed by atoms with Crippen molar-refractivity contribution >= 4 is 16.8 Å². The van der Waals surface area contributed by atoms with Crippen molar-refractivity contribution in [3.63, 3.8) is 0 Å². The number of phenolic OH excluding ortho intramolecular Hbond substituents is 2. The van der Waals surface area contributed by atoms with Crippen molar-refractivity contribution in [1.82, 2.24) is 10.6 Å². The Morgan fingerprint density at radius 2 is 1.46 bits per heavy atom. The molecule has 57 heavy (non-hydrogen) atoms. The Morgan fingerprint density at radius 1 is 0.807 bits per heavy atom. The van der Waals surface area contributed by atoms with Crippen LogP contribution in [0.2, 0.25) is 0 Å². The fraction of sp³-hybridized carbons (Fsp3) is 0.176. The maximum Gasteiger partial charge on any atom is 0.160 e. The van der Waals surface area contributed by atoms with Gasteiger partial charge in [-0.05, 0) is 94.8 Å². The molecular weight excluding hydrogens is 705 g/mol. The third-order valence-corrected chi connectivity index (χ3v) is 10.5. The molecule has 2 atom stereocenters. The predicted octanol–water partition coefficient (Wildman–Crippen LogP) is 12.7. The highest BCUT2D eigenvalue weighted by atomic mass is 16.7. The number of phenols is 2. The van der Waals surface area contributed by atoms with Crippen LogP contribution in [0.3, 0.4) is 0 Å². The van der Waals surface area contributed by atoms with E-state index in [-0.39, 0.29) is 28.7 Å². The van der Waals surface area contributed by atoms with Crippen molar-refractivity contribution < 1.29 is 20.2 Å². The summed E-state index contributed by atoms with van der Waals surface area (Å²) in [6.07, 6.45) is 8.92. The molecule has 4 N–H and O–H groups in total. The molecule has 1 aliphatic rings. The Hall–Kier alpha value is -6.34. The Kier molecular flexibility index (Phi) is 12.8. The first-order valence-corrected chi connectivity index (χ1v) is 19.3. The van der Waals surface area contributed by atoms with E-state index in [4.69, 9.17) is 4.84 Å². The highest BCUT2D eigenvalue weighted by molar-refractivity contribution is 5.78. The molecule has 0 radical (unpaired) electrons. The molecule has 0 aliphatic heterocycles. The smallest absolute Gasteiger partial charge is 0.160 e. The topological polar surface area (TPSA) is 85.2 Å². The van der Waals surface area contributed by atoms with Gasteiger partial charge >= 0.3 is 0 Å². The number of aliphatic hydroxyl groups is 1. The van der Waals surface area contributed by atoms with Crippen molar-refractivity contribution in [1.29, 1.82) is 0 Å². The molecule has 5 aromatic carbocycles. The number of aromatic hydroxyl groups is 2. The van der Waals surface area contributed by atoms with Gasteiger partial charge in [0.2, 0.25) is 0 Å². The van der Waals surface area contributed by atoms with Crippen molar-refractivity contribution in [2.24, 2.45) is 5.92 Å². The Labute approximate surface area is 337 Å². The third kappa shape index (κ3) is 9.05. The summed E-state index contributed by atoms with van der Waals surface area (Å²) >= 11 is 0. The number of hydrogen-bond acceptors (Lipinski definition) is 6. The van der Waals surface area contributed by atoms with Crippen molar-refractivity contribution in [3.05, 3.63) is 210 Å². The summed E-state index contributed by atoms with van der Waals surface area (Å²) in [4.78, 5) is 7.17. The summed E-state index contributed by atoms with van der Waals surface area (Å²) in [5, 5.41) is 35.5. The van der Waals surface area contributed by atoms with Crippen LogP contribution in [0, 0.1) is 19.8 Å². The molecule has 290 valence electrons. The highest BCUT2D eigenvalue weighted by Crippen LogP contribution is 2.44. The molecule has 1 aliphatic carbocycles. The average molecular weight is 757 g/mol. The second-order valence-electron chi connectivity index (χ2n) is 14.8. The van der Waals surface area contributed by atoms with Gasteiger partial charge in [0, 0.05) is 16.7 Å². The number of hydrogen-bond donors (Lipinski definition) is 4. The maximum absolute atomic E-state index is 12.1. The number of aryl methyl sites for hydroxylation is 1. The number of hydroxylamine groups is 1. The molecular formula is C51H52N2O4. The number of hydrazine groups is 1. The van der Waals surface area contributed by atoms with Crippen LogP contribution in [0.4, 0.5) is 0 Å². The van der Waals surface area contributed by atoms with Gasteiger partial charge in [0.1, 0.15) is 11.9 Å². The summed E-state index contributed by atoms with van der Waals surface area (Å²) in [7, 11) is 0. The van der Waals surface area contributed by atoms with Gasteiger partial charge in [-0.25, -0.2) is 0 Å². The molecule has 2 unspecified atom stereocenters. The zero-order valence-corrected chi connectivity index (χ0v) is 33.2. The lowest BCUT2D eigenvalue weighted by Crippen LogP contribution is -2.43. The van der Waals surface area contributed by atoms with Crippen LogP contribution >= 0.6 is 0 Å². The van der Waals surface area contributed by atoms with Crippen LogP contribution in [0.15, 0.2) is 171 Å². The van der Waals surface area contributed by atoms with E-state index >= 15 is 0 Å². The van der Waals surface area contributed by atoms with Crippen LogP contribution in [0.25, 0.3) is 28.0 Å². The standard InChI is InChI=1S/C51H52N2O4/c1-8-45(42-23-16-11-17-24-42)49(55)36(6)51(47-34(4)31-46(54)50(56)35(47)5)57-53(52-37(7)38-27-29-41(30-28-38)39-19-12-9-13-20-39)48(33(2)3)44-26-18-25-43(32-44)40-21-14-10-15-22-40/h8-14,16-21,23-33,48,51-52,54-56H,1,6-7,15,22H2,2-5H3/b49-45-. The monoisotopic (exact) mass is 756 g/mol. The number of nitrogens with zero attached hydrogens (tertiary/aromatic N) is 1. The van der Waals surface area contributed by atoms with Crippen LogP contribution in [0.5, 0.6) is 11.5 Å². The molecule has 6 rings (SSSR count). The third-order valence-electron chi connectivity index (χ3n) is 10.5. The van der Waals surface area contributed by atoms with Crippen molar-refractivity contribution in [2.45, 2.75) is 52.7 Å². The number of benzene rings is 5. The molecule has 5 aromatic rings. The maximum atomic E-state index is 12.1. The summed E-state index contributed by atoms with van der Waals surface area (Å²) in [6, 6.07) is 37.5. The Bertz CT molecular complexity index is 2340. The van der Waals surface area contributed by atoms with Gasteiger partial charge in [0.15, 0.2) is 11.5 Å². The molecule has 0 saturated heterocycles. The Morgan fingerprint density at radius 3 is 2.09 bits per heavy atom. The van der Waals surface area contributed by atoms with Crippen molar-refractivity contribution in [2.75, 3.05) is 0 Å². The number of aliphatic hydroxyl groups excluding tert-OH is 1. The molecule has 0 heterocycles. The normalized spacial score (nSPS) is 14.1. The Balaban J connectivity index is 1.49. The van der Waals surface area contributed by atoms with Gasteiger partial charge in [0.05, 0.1) is 11.7 Å². The van der Waals surface area contributed by atoms with Gasteiger partial charge in [-0.1, -0.05) is 166 Å². The van der Waals surface area contributed by atoms with E-state index in [1.165, 1.54) is 11.6 Å². The largest absolute Gasteiger partial charge is 0.507 e. The van der Waals surface area contributed by atoms with E-state index in [1.807, 2.05) is 67.6 Å². The fourth-order valence-corrected chi connectivity index (χ4v) is 7.45. The molecule has 0 aromatic heterocycles. The first kappa shape index (κ1) is 40.3. The minimum Gasteiger partial charge on any atom is -0.507 e. The minimum absolute atomic E-state index is 0.0113. The van der Waals surface area contributed by atoms with Gasteiger partial charge in [-0.15, -0.1) is 0 Å². The quantitative estimate of drug-likeness (QED) is 0.0368. The summed E-state index contributed by atoms with van der Waals surface area (Å²) in [6.45, 7) is 20.7. The van der Waals surface area contributed by atoms with E-state index in [0.717, 1.165) is 46.2 Å². The average Bonchev–Trinajstić information content (AvgIpc) is 3.23. The second-order valence-corrected chi connectivity index (χ2v) is 14.8. The molecule has 0 amide bonds. The molecule has 0 fully saturated rings. The summed E-state index contributed by atoms with van der Waals surface area (Å²) in [5.74, 6) is -0.663. The lowest BCUT2D eigenvalue weighted by molar-refractivity contribution is -0.247. The second kappa shape index (κ2) is 18.1. The van der Waals surface area contributed by atoms with Gasteiger partial charge in [0.25, 0.3) is 0 Å². The zero-order chi connectivity index (χ0) is 40.6. The van der Waals surface area contributed by atoms with Crippen molar-refractivity contribution in [3.8, 4) is 22.6 Å². The molecule has 6 heteroatoms. The SMILES string of the molecule is C=C/C(=C(/O)C(=C)C(ON(NC(=C)c1ccc(-c2ccccc2)cc1)C(c1cccc(C2=CC=CCC2)c1)C(C)C)c1c(C)cc(O)c(O)c1C)c1ccccc1. The zero-order valence-electron chi connectivity index (χ0n) is 33.2. The number of rotatable bonds is 15. The first-order chi connectivity index (χ1) is 27.5. The van der Waals surface area contributed by atoms with E-state index < -0.39 is 12.1 Å². The lowest BCUT2D eigenvalue weighted by Gasteiger charge is -2.38. The summed E-state index contributed by atoms with van der Waals surface area (Å²) < 4.78 is 0. The lowest BCUT2D eigenvalue weighted by atomic mass is 9.90. The van der Waals surface area contributed by atoms with Gasteiger partial charge in [-0.2, -0.15) is 0 Å². The van der Waals surface area contributed by atoms with E-state index in [9.17, 15) is 15.3 Å². The van der Waals surface area contributed by atoms with Gasteiger partial charge < -0.3 is 15.3 Å². The van der Waals surface area contributed by atoms with Crippen LogP contribution in [-0.2, 0) is 4.84 Å². The van der Waals surface area contributed by atoms with E-state index in [0.29, 0.717) is 28.0 Å². The first-order valence-electron chi connectivity index (χ1n) is 19.3. The number of allylic oxidation sites excluding steroid dienone is 6. The molecule has 0 spiro atoms. The molecule has 6 nitrogen and oxygen atoms in total. The van der Waals surface area contributed by atoms with E-state index in [2.05, 4.69) is 106 Å². The predicted molar refractivity (Wildman–Crippen MR) is 235 cm³/mol. The minimum atomic E-state index is -1.06.